The smallest absolute Gasteiger partial charge is 0.271 e. The summed E-state index contributed by atoms with van der Waals surface area (Å²) in [6, 6.07) is 7.11. The van der Waals surface area contributed by atoms with Gasteiger partial charge in [0.15, 0.2) is 0 Å². The highest BCUT2D eigenvalue weighted by molar-refractivity contribution is 6.06. The van der Waals surface area contributed by atoms with Crippen LogP contribution < -0.4 is 16.0 Å². The minimum absolute atomic E-state index is 0.168. The number of nitro benzene ring substituents is 1. The third-order valence-corrected chi connectivity index (χ3v) is 2.57. The molecule has 1 aromatic rings. The standard InChI is InChI=1S/C14H15N5O4/c1-10(20)17-6-5-16-9-11(8-15)14(21)18-12-3-2-4-13(7-12)19(22)23/h2-4,7,9,16H,5-6H2,1H3,(H,17,20)(H,18,21)/b11-9-. The molecular weight excluding hydrogens is 302 g/mol. The summed E-state index contributed by atoms with van der Waals surface area (Å²) in [5, 5.41) is 27.3. The number of hydrogen-bond acceptors (Lipinski definition) is 6. The maximum Gasteiger partial charge on any atom is 0.271 e. The first-order chi connectivity index (χ1) is 10.9. The van der Waals surface area contributed by atoms with Gasteiger partial charge in [0.2, 0.25) is 5.91 Å². The fourth-order valence-corrected chi connectivity index (χ4v) is 1.53. The lowest BCUT2D eigenvalue weighted by Gasteiger charge is -2.05. The minimum Gasteiger partial charge on any atom is -0.388 e. The van der Waals surface area contributed by atoms with Crippen molar-refractivity contribution in [1.29, 1.82) is 5.26 Å². The summed E-state index contributed by atoms with van der Waals surface area (Å²) in [5.74, 6) is -0.875. The predicted molar refractivity (Wildman–Crippen MR) is 82.1 cm³/mol. The van der Waals surface area contributed by atoms with Gasteiger partial charge in [-0.05, 0) is 6.07 Å². The number of carbonyl (C=O) groups is 2. The molecule has 3 N–H and O–H groups in total. The molecule has 0 unspecified atom stereocenters. The van der Waals surface area contributed by atoms with E-state index in [0.29, 0.717) is 13.1 Å². The number of nitrogens with zero attached hydrogens (tertiary/aromatic N) is 2. The van der Waals surface area contributed by atoms with Gasteiger partial charge >= 0.3 is 0 Å². The molecule has 0 spiro atoms. The lowest BCUT2D eigenvalue weighted by atomic mass is 10.2. The van der Waals surface area contributed by atoms with Crippen molar-refractivity contribution < 1.29 is 14.5 Å². The van der Waals surface area contributed by atoms with E-state index in [2.05, 4.69) is 16.0 Å². The largest absolute Gasteiger partial charge is 0.388 e. The van der Waals surface area contributed by atoms with Crippen LogP contribution in [0.25, 0.3) is 0 Å². The van der Waals surface area contributed by atoms with E-state index in [0.717, 1.165) is 0 Å². The molecule has 0 heterocycles. The lowest BCUT2D eigenvalue weighted by molar-refractivity contribution is -0.384. The van der Waals surface area contributed by atoms with Gasteiger partial charge in [0.25, 0.3) is 11.6 Å². The van der Waals surface area contributed by atoms with E-state index >= 15 is 0 Å². The third kappa shape index (κ3) is 6.26. The Labute approximate surface area is 132 Å². The Morgan fingerprint density at radius 2 is 2.13 bits per heavy atom. The van der Waals surface area contributed by atoms with Crippen LogP contribution in [0.2, 0.25) is 0 Å². The van der Waals surface area contributed by atoms with Crippen molar-refractivity contribution in [2.75, 3.05) is 18.4 Å². The molecule has 23 heavy (non-hydrogen) atoms. The Balaban J connectivity index is 2.63. The molecule has 0 aliphatic heterocycles. The summed E-state index contributed by atoms with van der Waals surface area (Å²) in [6.07, 6.45) is 1.22. The Hall–Kier alpha value is -3.41. The van der Waals surface area contributed by atoms with Gasteiger partial charge < -0.3 is 16.0 Å². The number of non-ortho nitro benzene ring substituents is 1. The van der Waals surface area contributed by atoms with Crippen molar-refractivity contribution in [2.24, 2.45) is 0 Å². The molecule has 0 aliphatic rings. The molecule has 0 aromatic heterocycles. The van der Waals surface area contributed by atoms with Gasteiger partial charge in [-0.15, -0.1) is 0 Å². The lowest BCUT2D eigenvalue weighted by Crippen LogP contribution is -2.28. The van der Waals surface area contributed by atoms with E-state index < -0.39 is 10.8 Å². The number of hydrogen-bond donors (Lipinski definition) is 3. The third-order valence-electron chi connectivity index (χ3n) is 2.57. The second kappa shape index (κ2) is 8.78. The maximum absolute atomic E-state index is 11.9. The van der Waals surface area contributed by atoms with Gasteiger partial charge in [-0.2, -0.15) is 5.26 Å². The van der Waals surface area contributed by atoms with E-state index in [-0.39, 0.29) is 22.9 Å². The molecule has 0 radical (unpaired) electrons. The molecule has 1 aromatic carbocycles. The number of nitrogens with one attached hydrogen (secondary N) is 3. The molecule has 9 heteroatoms. The number of benzene rings is 1. The van der Waals surface area contributed by atoms with Gasteiger partial charge in [0, 0.05) is 44.0 Å². The highest BCUT2D eigenvalue weighted by Crippen LogP contribution is 2.17. The normalized spacial score (nSPS) is 10.3. The predicted octanol–water partition coefficient (Wildman–Crippen LogP) is 0.666. The van der Waals surface area contributed by atoms with Gasteiger partial charge in [0.05, 0.1) is 4.92 Å². The van der Waals surface area contributed by atoms with Crippen molar-refractivity contribution in [3.8, 4) is 6.07 Å². The number of rotatable bonds is 7. The van der Waals surface area contributed by atoms with Crippen molar-refractivity contribution in [3.63, 3.8) is 0 Å². The molecule has 0 saturated heterocycles. The number of nitriles is 1. The van der Waals surface area contributed by atoms with E-state index in [1.807, 2.05) is 0 Å². The number of carbonyl (C=O) groups excluding carboxylic acids is 2. The zero-order valence-corrected chi connectivity index (χ0v) is 12.3. The maximum atomic E-state index is 11.9. The van der Waals surface area contributed by atoms with Crippen LogP contribution in [0.3, 0.4) is 0 Å². The fourth-order valence-electron chi connectivity index (χ4n) is 1.53. The second-order valence-corrected chi connectivity index (χ2v) is 4.37. The topological polar surface area (TPSA) is 137 Å². The second-order valence-electron chi connectivity index (χ2n) is 4.37. The molecule has 9 nitrogen and oxygen atoms in total. The SMILES string of the molecule is CC(=O)NCCN/C=C(/C#N)C(=O)Nc1cccc([N+](=O)[O-])c1. The van der Waals surface area contributed by atoms with E-state index in [4.69, 9.17) is 5.26 Å². The van der Waals surface area contributed by atoms with Crippen LogP contribution in [-0.4, -0.2) is 29.8 Å². The first-order valence-electron chi connectivity index (χ1n) is 6.58. The van der Waals surface area contributed by atoms with Crippen LogP contribution in [0.5, 0.6) is 0 Å². The molecular formula is C14H15N5O4. The molecule has 0 fully saturated rings. The quantitative estimate of drug-likeness (QED) is 0.222. The Bertz CT molecular complexity index is 678. The number of amides is 2. The van der Waals surface area contributed by atoms with Crippen molar-refractivity contribution in [2.45, 2.75) is 6.92 Å². The Kier molecular flexibility index (Phi) is 6.74. The molecule has 1 rings (SSSR count). The Morgan fingerprint density at radius 3 is 2.74 bits per heavy atom. The zero-order chi connectivity index (χ0) is 17.2. The summed E-state index contributed by atoms with van der Waals surface area (Å²) in [4.78, 5) is 32.7. The minimum atomic E-state index is -0.694. The monoisotopic (exact) mass is 317 g/mol. The Morgan fingerprint density at radius 1 is 1.39 bits per heavy atom. The zero-order valence-electron chi connectivity index (χ0n) is 12.3. The summed E-state index contributed by atoms with van der Waals surface area (Å²) in [7, 11) is 0. The molecule has 2 amide bonds. The first-order valence-corrected chi connectivity index (χ1v) is 6.58. The molecule has 0 aliphatic carbocycles. The van der Waals surface area contributed by atoms with Crippen LogP contribution in [-0.2, 0) is 9.59 Å². The number of anilines is 1. The fraction of sp³-hybridized carbons (Fsp3) is 0.214. The van der Waals surface area contributed by atoms with Crippen LogP contribution in [0.4, 0.5) is 11.4 Å². The van der Waals surface area contributed by atoms with Crippen LogP contribution in [0.15, 0.2) is 36.0 Å². The summed E-state index contributed by atoms with van der Waals surface area (Å²) in [5.41, 5.74) is -0.151. The van der Waals surface area contributed by atoms with Gasteiger partial charge in [-0.25, -0.2) is 0 Å². The molecule has 0 saturated carbocycles. The number of nitro groups is 1. The summed E-state index contributed by atoms with van der Waals surface area (Å²) >= 11 is 0. The average molecular weight is 317 g/mol. The summed E-state index contributed by atoms with van der Waals surface area (Å²) < 4.78 is 0. The van der Waals surface area contributed by atoms with E-state index in [1.165, 1.54) is 37.4 Å². The van der Waals surface area contributed by atoms with Crippen molar-refractivity contribution in [3.05, 3.63) is 46.2 Å². The van der Waals surface area contributed by atoms with Gasteiger partial charge in [-0.3, -0.25) is 19.7 Å². The molecule has 0 atom stereocenters. The van der Waals surface area contributed by atoms with Crippen molar-refractivity contribution in [1.82, 2.24) is 10.6 Å². The highest BCUT2D eigenvalue weighted by Gasteiger charge is 2.11. The van der Waals surface area contributed by atoms with Gasteiger partial charge in [-0.1, -0.05) is 6.07 Å². The van der Waals surface area contributed by atoms with Crippen molar-refractivity contribution >= 4 is 23.2 Å². The van der Waals surface area contributed by atoms with E-state index in [9.17, 15) is 19.7 Å². The average Bonchev–Trinajstić information content (AvgIpc) is 2.50. The molecule has 120 valence electrons. The van der Waals surface area contributed by atoms with Crippen LogP contribution in [0, 0.1) is 21.4 Å². The van der Waals surface area contributed by atoms with Crippen LogP contribution >= 0.6 is 0 Å². The van der Waals surface area contributed by atoms with E-state index in [1.54, 1.807) is 6.07 Å². The molecule has 0 bridgehead atoms. The highest BCUT2D eigenvalue weighted by atomic mass is 16.6. The first kappa shape index (κ1) is 17.6. The summed E-state index contributed by atoms with van der Waals surface area (Å²) in [6.45, 7) is 2.06. The van der Waals surface area contributed by atoms with Crippen LogP contribution in [0.1, 0.15) is 6.92 Å². The van der Waals surface area contributed by atoms with Gasteiger partial charge in [0.1, 0.15) is 11.6 Å².